The summed E-state index contributed by atoms with van der Waals surface area (Å²) >= 11 is 0. The van der Waals surface area contributed by atoms with Crippen LogP contribution in [-0.4, -0.2) is 26.7 Å². The van der Waals surface area contributed by atoms with Gasteiger partial charge >= 0.3 is 0 Å². The molecule has 4 N–H and O–H groups in total. The largest absolute Gasteiger partial charge is 0.409 e. The minimum atomic E-state index is -0.851. The summed E-state index contributed by atoms with van der Waals surface area (Å²) in [5.74, 6) is 0.212. The SMILES string of the molecule is CC1CC(C(=O)NCc2cnn(C)c2)(C(N)=NO)C1. The number of rotatable bonds is 4. The first-order chi connectivity index (χ1) is 8.98. The summed E-state index contributed by atoms with van der Waals surface area (Å²) in [6.07, 6.45) is 4.75. The number of carbonyl (C=O) groups excluding carboxylic acids is 1. The fourth-order valence-electron chi connectivity index (χ4n) is 2.65. The van der Waals surface area contributed by atoms with Gasteiger partial charge in [0.05, 0.1) is 6.20 Å². The number of nitrogens with two attached hydrogens (primary N) is 1. The molecular formula is C12H19N5O2. The van der Waals surface area contributed by atoms with Crippen LogP contribution in [0.1, 0.15) is 25.3 Å². The standard InChI is InChI=1S/C12H19N5O2/c1-8-3-12(4-8,10(13)16-19)11(18)14-5-9-6-15-17(2)7-9/h6-8,19H,3-5H2,1-2H3,(H2,13,16)(H,14,18). The molecule has 104 valence electrons. The molecule has 0 unspecified atom stereocenters. The molecule has 19 heavy (non-hydrogen) atoms. The van der Waals surface area contributed by atoms with Crippen LogP contribution in [0.25, 0.3) is 0 Å². The molecule has 0 saturated heterocycles. The monoisotopic (exact) mass is 265 g/mol. The van der Waals surface area contributed by atoms with Crippen molar-refractivity contribution in [1.82, 2.24) is 15.1 Å². The fraction of sp³-hybridized carbons (Fsp3) is 0.583. The maximum atomic E-state index is 12.3. The first-order valence-electron chi connectivity index (χ1n) is 6.22. The summed E-state index contributed by atoms with van der Waals surface area (Å²) in [7, 11) is 1.82. The maximum Gasteiger partial charge on any atom is 0.234 e. The first-order valence-corrected chi connectivity index (χ1v) is 6.22. The molecule has 1 amide bonds. The number of nitrogens with zero attached hydrogens (tertiary/aromatic N) is 3. The Morgan fingerprint density at radius 3 is 2.89 bits per heavy atom. The first kappa shape index (κ1) is 13.4. The minimum absolute atomic E-state index is 0.00529. The van der Waals surface area contributed by atoms with Gasteiger partial charge in [-0.15, -0.1) is 0 Å². The Kier molecular flexibility index (Phi) is 3.46. The molecule has 2 rings (SSSR count). The van der Waals surface area contributed by atoms with E-state index in [1.165, 1.54) is 0 Å². The fourth-order valence-corrected chi connectivity index (χ4v) is 2.65. The van der Waals surface area contributed by atoms with E-state index in [0.717, 1.165) is 5.56 Å². The molecule has 0 radical (unpaired) electrons. The van der Waals surface area contributed by atoms with E-state index in [-0.39, 0.29) is 11.7 Å². The molecule has 1 fully saturated rings. The lowest BCUT2D eigenvalue weighted by molar-refractivity contribution is -0.133. The van der Waals surface area contributed by atoms with Crippen LogP contribution in [0.3, 0.4) is 0 Å². The van der Waals surface area contributed by atoms with Gasteiger partial charge in [0.15, 0.2) is 5.84 Å². The molecule has 0 aliphatic heterocycles. The highest BCUT2D eigenvalue weighted by molar-refractivity contribution is 6.07. The Bertz CT molecular complexity index is 502. The van der Waals surface area contributed by atoms with Crippen molar-refractivity contribution in [2.75, 3.05) is 0 Å². The lowest BCUT2D eigenvalue weighted by atomic mass is 9.61. The molecule has 0 bridgehead atoms. The van der Waals surface area contributed by atoms with Crippen molar-refractivity contribution in [2.24, 2.45) is 29.3 Å². The number of aromatic nitrogens is 2. The minimum Gasteiger partial charge on any atom is -0.409 e. The van der Waals surface area contributed by atoms with Crippen molar-refractivity contribution in [3.05, 3.63) is 18.0 Å². The van der Waals surface area contributed by atoms with E-state index < -0.39 is 5.41 Å². The maximum absolute atomic E-state index is 12.3. The zero-order chi connectivity index (χ0) is 14.0. The molecule has 7 nitrogen and oxygen atoms in total. The van der Waals surface area contributed by atoms with Crippen molar-refractivity contribution in [1.29, 1.82) is 0 Å². The van der Waals surface area contributed by atoms with Crippen LogP contribution in [0, 0.1) is 11.3 Å². The number of oxime groups is 1. The van der Waals surface area contributed by atoms with Gasteiger partial charge in [-0.1, -0.05) is 12.1 Å². The Morgan fingerprint density at radius 1 is 1.74 bits per heavy atom. The molecular weight excluding hydrogens is 246 g/mol. The Labute approximate surface area is 111 Å². The second-order valence-corrected chi connectivity index (χ2v) is 5.29. The molecule has 0 atom stereocenters. The van der Waals surface area contributed by atoms with E-state index in [2.05, 4.69) is 15.6 Å². The average molecular weight is 265 g/mol. The van der Waals surface area contributed by atoms with Crippen molar-refractivity contribution in [3.63, 3.8) is 0 Å². The van der Waals surface area contributed by atoms with E-state index in [9.17, 15) is 4.79 Å². The second kappa shape index (κ2) is 4.91. The van der Waals surface area contributed by atoms with Crippen LogP contribution in [0.15, 0.2) is 17.5 Å². The van der Waals surface area contributed by atoms with Gasteiger partial charge in [-0.05, 0) is 18.8 Å². The molecule has 1 aromatic rings. The second-order valence-electron chi connectivity index (χ2n) is 5.29. The van der Waals surface area contributed by atoms with Gasteiger partial charge in [0.2, 0.25) is 5.91 Å². The Balaban J connectivity index is 2.01. The summed E-state index contributed by atoms with van der Waals surface area (Å²) in [5.41, 5.74) is 5.74. The van der Waals surface area contributed by atoms with Gasteiger partial charge < -0.3 is 16.3 Å². The zero-order valence-corrected chi connectivity index (χ0v) is 11.1. The zero-order valence-electron chi connectivity index (χ0n) is 11.1. The van der Waals surface area contributed by atoms with Crippen LogP contribution < -0.4 is 11.1 Å². The highest BCUT2D eigenvalue weighted by atomic mass is 16.4. The predicted molar refractivity (Wildman–Crippen MR) is 69.3 cm³/mol. The van der Waals surface area contributed by atoms with Gasteiger partial charge in [-0.2, -0.15) is 5.10 Å². The molecule has 1 aliphatic rings. The van der Waals surface area contributed by atoms with Crippen LogP contribution in [-0.2, 0) is 18.4 Å². The van der Waals surface area contributed by atoms with Crippen LogP contribution in [0.4, 0.5) is 0 Å². The molecule has 1 aliphatic carbocycles. The van der Waals surface area contributed by atoms with Crippen molar-refractivity contribution < 1.29 is 10.0 Å². The summed E-state index contributed by atoms with van der Waals surface area (Å²) < 4.78 is 1.67. The molecule has 7 heteroatoms. The highest BCUT2D eigenvalue weighted by Gasteiger charge is 2.52. The normalized spacial score (nSPS) is 26.8. The number of aryl methyl sites for hydroxylation is 1. The van der Waals surface area contributed by atoms with Gasteiger partial charge in [-0.3, -0.25) is 9.48 Å². The number of amidine groups is 1. The Hall–Kier alpha value is -2.05. The third-order valence-corrected chi connectivity index (χ3v) is 3.64. The summed E-state index contributed by atoms with van der Waals surface area (Å²) in [6.45, 7) is 2.43. The smallest absolute Gasteiger partial charge is 0.234 e. The average Bonchev–Trinajstić information content (AvgIpc) is 2.76. The van der Waals surface area contributed by atoms with Crippen molar-refractivity contribution in [2.45, 2.75) is 26.3 Å². The molecule has 1 aromatic heterocycles. The third-order valence-electron chi connectivity index (χ3n) is 3.64. The molecule has 1 saturated carbocycles. The topological polar surface area (TPSA) is 106 Å². The number of amides is 1. The highest BCUT2D eigenvalue weighted by Crippen LogP contribution is 2.45. The molecule has 1 heterocycles. The van der Waals surface area contributed by atoms with Crippen LogP contribution >= 0.6 is 0 Å². The van der Waals surface area contributed by atoms with E-state index >= 15 is 0 Å². The molecule has 0 aromatic carbocycles. The van der Waals surface area contributed by atoms with E-state index in [1.807, 2.05) is 20.2 Å². The molecule has 0 spiro atoms. The number of hydrogen-bond donors (Lipinski definition) is 3. The number of carbonyl (C=O) groups is 1. The summed E-state index contributed by atoms with van der Waals surface area (Å²) in [5, 5.41) is 18.7. The quantitative estimate of drug-likeness (QED) is 0.313. The predicted octanol–water partition coefficient (Wildman–Crippen LogP) is 0.199. The van der Waals surface area contributed by atoms with Gasteiger partial charge in [0.1, 0.15) is 5.41 Å². The number of nitrogens with one attached hydrogen (secondary N) is 1. The van der Waals surface area contributed by atoms with E-state index in [4.69, 9.17) is 10.9 Å². The lowest BCUT2D eigenvalue weighted by Crippen LogP contribution is -2.56. The third kappa shape index (κ3) is 2.40. The Morgan fingerprint density at radius 2 is 2.42 bits per heavy atom. The van der Waals surface area contributed by atoms with Crippen LogP contribution in [0.2, 0.25) is 0 Å². The van der Waals surface area contributed by atoms with Gasteiger partial charge in [-0.25, -0.2) is 0 Å². The van der Waals surface area contributed by atoms with Crippen molar-refractivity contribution in [3.8, 4) is 0 Å². The van der Waals surface area contributed by atoms with Crippen molar-refractivity contribution >= 4 is 11.7 Å². The summed E-state index contributed by atoms with van der Waals surface area (Å²) in [4.78, 5) is 12.3. The van der Waals surface area contributed by atoms with Gasteiger partial charge in [0.25, 0.3) is 0 Å². The van der Waals surface area contributed by atoms with Gasteiger partial charge in [0, 0.05) is 25.4 Å². The number of hydrogen-bond acceptors (Lipinski definition) is 4. The van der Waals surface area contributed by atoms with E-state index in [0.29, 0.717) is 25.3 Å². The van der Waals surface area contributed by atoms with Crippen LogP contribution in [0.5, 0.6) is 0 Å². The summed E-state index contributed by atoms with van der Waals surface area (Å²) in [6, 6.07) is 0. The van der Waals surface area contributed by atoms with E-state index in [1.54, 1.807) is 10.9 Å². The lowest BCUT2D eigenvalue weighted by Gasteiger charge is -2.43.